The van der Waals surface area contributed by atoms with E-state index in [1.54, 1.807) is 39.0 Å². The van der Waals surface area contributed by atoms with E-state index in [0.717, 1.165) is 26.5 Å². The van der Waals surface area contributed by atoms with Gasteiger partial charge in [0.05, 0.1) is 21.8 Å². The molecule has 4 aromatic rings. The van der Waals surface area contributed by atoms with E-state index in [-0.39, 0.29) is 20.6 Å². The first-order valence-corrected chi connectivity index (χ1v) is 13.6. The molecule has 37 heavy (non-hydrogen) atoms. The number of aromatic nitrogens is 3. The maximum absolute atomic E-state index is 13.8. The van der Waals surface area contributed by atoms with E-state index in [2.05, 4.69) is 10.2 Å². The van der Waals surface area contributed by atoms with Crippen LogP contribution in [0.2, 0.25) is 10.0 Å². The summed E-state index contributed by atoms with van der Waals surface area (Å²) >= 11 is 12.2. The Morgan fingerprint density at radius 1 is 1.00 bits per heavy atom. The quantitative estimate of drug-likeness (QED) is 0.273. The fraction of sp³-hybridized carbons (Fsp3) is 0.269. The molecule has 2 heterocycles. The molecule has 0 amide bonds. The molecule has 0 N–H and O–H groups in total. The van der Waals surface area contributed by atoms with E-state index >= 15 is 0 Å². The number of halogens is 2. The van der Waals surface area contributed by atoms with Gasteiger partial charge in [0.1, 0.15) is 12.1 Å². The number of carbonyl (C=O) groups excluding carboxylic acids is 1. The highest BCUT2D eigenvalue weighted by molar-refractivity contribution is 7.92. The summed E-state index contributed by atoms with van der Waals surface area (Å²) in [7, 11) is -4.25. The molecule has 0 aliphatic carbocycles. The zero-order chi connectivity index (χ0) is 27.1. The van der Waals surface area contributed by atoms with Gasteiger partial charge in [-0.05, 0) is 88.7 Å². The van der Waals surface area contributed by atoms with Gasteiger partial charge in [0.15, 0.2) is 5.82 Å². The van der Waals surface area contributed by atoms with Crippen molar-refractivity contribution in [3.63, 3.8) is 0 Å². The summed E-state index contributed by atoms with van der Waals surface area (Å²) in [6.45, 7) is 8.37. The summed E-state index contributed by atoms with van der Waals surface area (Å²) in [5, 5.41) is 9.49. The van der Waals surface area contributed by atoms with E-state index < -0.39 is 28.1 Å². The Labute approximate surface area is 225 Å². The molecule has 0 bridgehead atoms. The molecule has 0 spiro atoms. The second-order valence-corrected chi connectivity index (χ2v) is 12.4. The Morgan fingerprint density at radius 2 is 1.68 bits per heavy atom. The molecule has 0 fully saturated rings. The third-order valence-corrected chi connectivity index (χ3v) is 7.61. The SMILES string of the molecule is Cc1ccc(-n2cc(C)c3cc(N(CC(=O)OC(C)(C)C)S(=O)(=O)c4cc(Cl)cc(Cl)c4)ccc32)nn1. The molecular weight excluding hydrogens is 535 g/mol. The Morgan fingerprint density at radius 3 is 2.27 bits per heavy atom. The van der Waals surface area contributed by atoms with Gasteiger partial charge in [-0.2, -0.15) is 5.10 Å². The lowest BCUT2D eigenvalue weighted by Gasteiger charge is -2.26. The topological polar surface area (TPSA) is 94.4 Å². The summed E-state index contributed by atoms with van der Waals surface area (Å²) in [6, 6.07) is 12.9. The van der Waals surface area contributed by atoms with Crippen molar-refractivity contribution in [2.75, 3.05) is 10.8 Å². The largest absolute Gasteiger partial charge is 0.459 e. The second kappa shape index (κ2) is 9.96. The number of nitrogens with zero attached hydrogens (tertiary/aromatic N) is 4. The fourth-order valence-electron chi connectivity index (χ4n) is 3.86. The number of hydrogen-bond acceptors (Lipinski definition) is 6. The van der Waals surface area contributed by atoms with E-state index in [9.17, 15) is 13.2 Å². The molecule has 8 nitrogen and oxygen atoms in total. The van der Waals surface area contributed by atoms with Crippen LogP contribution in [0.3, 0.4) is 0 Å². The smallest absolute Gasteiger partial charge is 0.327 e. The normalized spacial score (nSPS) is 12.1. The van der Waals surface area contributed by atoms with Gasteiger partial charge >= 0.3 is 5.97 Å². The molecule has 11 heteroatoms. The summed E-state index contributed by atoms with van der Waals surface area (Å²) in [6.07, 6.45) is 1.90. The first-order valence-electron chi connectivity index (χ1n) is 11.4. The molecule has 4 rings (SSSR count). The van der Waals surface area contributed by atoms with Crippen molar-refractivity contribution >= 4 is 55.8 Å². The number of esters is 1. The van der Waals surface area contributed by atoms with Crippen LogP contribution in [0.1, 0.15) is 32.0 Å². The minimum Gasteiger partial charge on any atom is -0.459 e. The lowest BCUT2D eigenvalue weighted by Crippen LogP contribution is -2.39. The highest BCUT2D eigenvalue weighted by Gasteiger charge is 2.30. The maximum atomic E-state index is 13.8. The first kappa shape index (κ1) is 26.9. The van der Waals surface area contributed by atoms with Crippen LogP contribution in [0.4, 0.5) is 5.69 Å². The highest BCUT2D eigenvalue weighted by Crippen LogP contribution is 2.32. The minimum atomic E-state index is -4.25. The van der Waals surface area contributed by atoms with Crippen LogP contribution in [0.25, 0.3) is 16.7 Å². The lowest BCUT2D eigenvalue weighted by atomic mass is 10.1. The third-order valence-electron chi connectivity index (χ3n) is 5.42. The second-order valence-electron chi connectivity index (χ2n) is 9.62. The van der Waals surface area contributed by atoms with Gasteiger partial charge in [0.2, 0.25) is 0 Å². The van der Waals surface area contributed by atoms with E-state index in [0.29, 0.717) is 5.82 Å². The Kier molecular flexibility index (Phi) is 7.25. The van der Waals surface area contributed by atoms with Gasteiger partial charge in [-0.25, -0.2) is 8.42 Å². The number of sulfonamides is 1. The molecule has 0 atom stereocenters. The Hall–Kier alpha value is -3.14. The molecule has 0 saturated heterocycles. The van der Waals surface area contributed by atoms with Crippen LogP contribution in [0.5, 0.6) is 0 Å². The molecule has 0 unspecified atom stereocenters. The number of anilines is 1. The Balaban J connectivity index is 1.84. The van der Waals surface area contributed by atoms with Crippen LogP contribution >= 0.6 is 23.2 Å². The third kappa shape index (κ3) is 5.89. The monoisotopic (exact) mass is 560 g/mol. The predicted molar refractivity (Wildman–Crippen MR) is 145 cm³/mol. The van der Waals surface area contributed by atoms with Crippen molar-refractivity contribution in [2.24, 2.45) is 0 Å². The number of carbonyl (C=O) groups is 1. The maximum Gasteiger partial charge on any atom is 0.327 e. The summed E-state index contributed by atoms with van der Waals surface area (Å²) in [5.41, 5.74) is 1.98. The first-order chi connectivity index (χ1) is 17.2. The zero-order valence-corrected chi connectivity index (χ0v) is 23.3. The number of hydrogen-bond donors (Lipinski definition) is 0. The molecule has 2 aromatic carbocycles. The van der Waals surface area contributed by atoms with Crippen LogP contribution in [0, 0.1) is 13.8 Å². The average Bonchev–Trinajstić information content (AvgIpc) is 3.12. The predicted octanol–water partition coefficient (Wildman–Crippen LogP) is 5.88. The number of aryl methyl sites for hydroxylation is 2. The van der Waals surface area contributed by atoms with Gasteiger partial charge in [0, 0.05) is 21.6 Å². The number of rotatable bonds is 6. The zero-order valence-electron chi connectivity index (χ0n) is 21.0. The van der Waals surface area contributed by atoms with Crippen molar-refractivity contribution in [1.82, 2.24) is 14.8 Å². The fourth-order valence-corrected chi connectivity index (χ4v) is 5.99. The van der Waals surface area contributed by atoms with Crippen LogP contribution in [-0.2, 0) is 19.6 Å². The molecule has 0 aliphatic heterocycles. The minimum absolute atomic E-state index is 0.141. The molecule has 0 saturated carbocycles. The molecule has 0 aliphatic rings. The standard InChI is InChI=1S/C26H26Cl2N4O4S/c1-16-14-31(24-9-6-17(2)29-30-24)23-8-7-20(13-22(16)23)32(15-25(33)36-26(3,4)5)37(34,35)21-11-18(27)10-19(28)12-21/h6-14H,15H2,1-5H3. The summed E-state index contributed by atoms with van der Waals surface area (Å²) in [4.78, 5) is 12.7. The van der Waals surface area contributed by atoms with Crippen molar-refractivity contribution in [1.29, 1.82) is 0 Å². The van der Waals surface area contributed by atoms with Gasteiger partial charge in [-0.15, -0.1) is 5.10 Å². The number of ether oxygens (including phenoxy) is 1. The molecule has 194 valence electrons. The van der Waals surface area contributed by atoms with E-state index in [1.807, 2.05) is 36.7 Å². The van der Waals surface area contributed by atoms with Crippen molar-refractivity contribution in [3.05, 3.63) is 76.0 Å². The molecule has 2 aromatic heterocycles. The Bertz CT molecular complexity index is 1570. The lowest BCUT2D eigenvalue weighted by molar-refractivity contribution is -0.152. The average molecular weight is 561 g/mol. The van der Waals surface area contributed by atoms with Gasteiger partial charge < -0.3 is 4.74 Å². The van der Waals surface area contributed by atoms with Crippen molar-refractivity contribution in [3.8, 4) is 5.82 Å². The van der Waals surface area contributed by atoms with Gasteiger partial charge in [0.25, 0.3) is 10.0 Å². The number of fused-ring (bicyclic) bond motifs is 1. The molecule has 0 radical (unpaired) electrons. The van der Waals surface area contributed by atoms with E-state index in [1.165, 1.54) is 18.2 Å². The summed E-state index contributed by atoms with van der Waals surface area (Å²) in [5.74, 6) is -0.0724. The van der Waals surface area contributed by atoms with Crippen molar-refractivity contribution < 1.29 is 17.9 Å². The van der Waals surface area contributed by atoms with Gasteiger partial charge in [-0.1, -0.05) is 23.2 Å². The van der Waals surface area contributed by atoms with Crippen LogP contribution < -0.4 is 4.31 Å². The molecular formula is C26H26Cl2N4O4S. The van der Waals surface area contributed by atoms with Crippen LogP contribution in [-0.4, -0.2) is 41.3 Å². The van der Waals surface area contributed by atoms with E-state index in [4.69, 9.17) is 27.9 Å². The summed E-state index contributed by atoms with van der Waals surface area (Å²) < 4.78 is 35.9. The van der Waals surface area contributed by atoms with Crippen molar-refractivity contribution in [2.45, 2.75) is 45.1 Å². The highest BCUT2D eigenvalue weighted by atomic mass is 35.5. The van der Waals surface area contributed by atoms with Crippen LogP contribution in [0.15, 0.2) is 59.6 Å². The number of benzene rings is 2. The van der Waals surface area contributed by atoms with Gasteiger partial charge in [-0.3, -0.25) is 13.7 Å².